The zero-order chi connectivity index (χ0) is 14.4. The normalized spacial score (nSPS) is 11.2. The summed E-state index contributed by atoms with van der Waals surface area (Å²) in [4.78, 5) is 23.2. The molecule has 1 aromatic carbocycles. The first-order chi connectivity index (χ1) is 9.06. The number of hydrogen-bond acceptors (Lipinski definition) is 4. The number of nitriles is 2. The van der Waals surface area contributed by atoms with Crippen molar-refractivity contribution in [3.63, 3.8) is 0 Å². The van der Waals surface area contributed by atoms with Gasteiger partial charge in [-0.1, -0.05) is 13.0 Å². The summed E-state index contributed by atoms with van der Waals surface area (Å²) >= 11 is 0. The van der Waals surface area contributed by atoms with Crippen LogP contribution < -0.4 is 0 Å². The maximum absolute atomic E-state index is 13.7. The van der Waals surface area contributed by atoms with Gasteiger partial charge < -0.3 is 0 Å². The van der Waals surface area contributed by atoms with E-state index in [2.05, 4.69) is 0 Å². The Labute approximate surface area is 110 Å². The number of Topliss-reactive ketones (excluding diaryl/α,β-unsaturated/α-hetero) is 2. The molecule has 0 aliphatic heterocycles. The summed E-state index contributed by atoms with van der Waals surface area (Å²) in [7, 11) is 0. The molecule has 96 valence electrons. The SMILES string of the molecule is CCCC(=O)C(F)C(=O)c1cccc(C#N)c1C#N. The Morgan fingerprint density at radius 2 is 2.00 bits per heavy atom. The number of rotatable bonds is 5. The number of halogens is 1. The van der Waals surface area contributed by atoms with Gasteiger partial charge >= 0.3 is 0 Å². The van der Waals surface area contributed by atoms with Crippen molar-refractivity contribution in [3.05, 3.63) is 34.9 Å². The minimum atomic E-state index is -2.28. The maximum atomic E-state index is 13.7. The van der Waals surface area contributed by atoms with Crippen molar-refractivity contribution in [2.45, 2.75) is 25.9 Å². The number of carbonyl (C=O) groups excluding carboxylic acids is 2. The van der Waals surface area contributed by atoms with Gasteiger partial charge in [-0.05, 0) is 18.6 Å². The molecule has 0 saturated heterocycles. The summed E-state index contributed by atoms with van der Waals surface area (Å²) in [5.74, 6) is -1.87. The molecular weight excluding hydrogens is 247 g/mol. The standard InChI is InChI=1S/C14H11FN2O2/c1-2-4-12(18)13(15)14(19)10-6-3-5-9(7-16)11(10)8-17/h3,5-6,13H,2,4H2,1H3. The first kappa shape index (κ1) is 14.5. The van der Waals surface area contributed by atoms with E-state index in [0.717, 1.165) is 0 Å². The number of ketones is 2. The molecule has 5 heteroatoms. The van der Waals surface area contributed by atoms with Crippen LogP contribution in [0.5, 0.6) is 0 Å². The first-order valence-corrected chi connectivity index (χ1v) is 5.71. The average molecular weight is 258 g/mol. The van der Waals surface area contributed by atoms with Gasteiger partial charge in [0.05, 0.1) is 11.1 Å². The average Bonchev–Trinajstić information content (AvgIpc) is 2.44. The van der Waals surface area contributed by atoms with Crippen LogP contribution >= 0.6 is 0 Å². The van der Waals surface area contributed by atoms with E-state index >= 15 is 0 Å². The van der Waals surface area contributed by atoms with Crippen LogP contribution in [0.3, 0.4) is 0 Å². The third-order valence-corrected chi connectivity index (χ3v) is 2.57. The van der Waals surface area contributed by atoms with Crippen molar-refractivity contribution in [2.75, 3.05) is 0 Å². The highest BCUT2D eigenvalue weighted by Gasteiger charge is 2.28. The zero-order valence-corrected chi connectivity index (χ0v) is 10.3. The summed E-state index contributed by atoms with van der Waals surface area (Å²) in [6, 6.07) is 7.43. The van der Waals surface area contributed by atoms with E-state index in [1.54, 1.807) is 19.1 Å². The van der Waals surface area contributed by atoms with E-state index in [9.17, 15) is 14.0 Å². The van der Waals surface area contributed by atoms with Crippen LogP contribution in [0.1, 0.15) is 41.3 Å². The Hall–Kier alpha value is -2.53. The van der Waals surface area contributed by atoms with Crippen molar-refractivity contribution < 1.29 is 14.0 Å². The van der Waals surface area contributed by atoms with Gasteiger partial charge in [-0.3, -0.25) is 9.59 Å². The number of hydrogen-bond donors (Lipinski definition) is 0. The van der Waals surface area contributed by atoms with Crippen molar-refractivity contribution in [3.8, 4) is 12.1 Å². The van der Waals surface area contributed by atoms with Gasteiger partial charge in [0, 0.05) is 12.0 Å². The van der Waals surface area contributed by atoms with Gasteiger partial charge in [0.15, 0.2) is 5.78 Å². The van der Waals surface area contributed by atoms with E-state index < -0.39 is 17.7 Å². The molecule has 1 unspecified atom stereocenters. The highest BCUT2D eigenvalue weighted by atomic mass is 19.1. The molecule has 0 spiro atoms. The molecule has 0 aliphatic rings. The highest BCUT2D eigenvalue weighted by Crippen LogP contribution is 2.17. The number of carbonyl (C=O) groups is 2. The van der Waals surface area contributed by atoms with Crippen LogP contribution in [0.2, 0.25) is 0 Å². The predicted molar refractivity (Wildman–Crippen MR) is 65.0 cm³/mol. The topological polar surface area (TPSA) is 81.7 Å². The van der Waals surface area contributed by atoms with Gasteiger partial charge in [0.1, 0.15) is 12.1 Å². The molecule has 0 heterocycles. The minimum Gasteiger partial charge on any atom is -0.296 e. The van der Waals surface area contributed by atoms with Crippen LogP contribution in [-0.4, -0.2) is 17.7 Å². The largest absolute Gasteiger partial charge is 0.296 e. The van der Waals surface area contributed by atoms with Crippen molar-refractivity contribution >= 4 is 11.6 Å². The van der Waals surface area contributed by atoms with Gasteiger partial charge in [0.2, 0.25) is 12.0 Å². The van der Waals surface area contributed by atoms with Crippen molar-refractivity contribution in [1.82, 2.24) is 0 Å². The molecule has 19 heavy (non-hydrogen) atoms. The molecule has 0 fully saturated rings. The lowest BCUT2D eigenvalue weighted by Gasteiger charge is -2.08. The molecule has 1 atom stereocenters. The fraction of sp³-hybridized carbons (Fsp3) is 0.286. The minimum absolute atomic E-state index is 0.0107. The second-order valence-corrected chi connectivity index (χ2v) is 3.89. The molecule has 1 aromatic rings. The maximum Gasteiger partial charge on any atom is 0.220 e. The zero-order valence-electron chi connectivity index (χ0n) is 10.3. The first-order valence-electron chi connectivity index (χ1n) is 5.71. The summed E-state index contributed by atoms with van der Waals surface area (Å²) in [6.07, 6.45) is -1.87. The van der Waals surface area contributed by atoms with Gasteiger partial charge in [0.25, 0.3) is 0 Å². The van der Waals surface area contributed by atoms with Crippen molar-refractivity contribution in [2.24, 2.45) is 0 Å². The Morgan fingerprint density at radius 3 is 2.53 bits per heavy atom. The fourth-order valence-electron chi connectivity index (χ4n) is 1.63. The Balaban J connectivity index is 3.18. The second-order valence-electron chi connectivity index (χ2n) is 3.89. The Bertz CT molecular complexity index is 596. The Morgan fingerprint density at radius 1 is 1.32 bits per heavy atom. The quantitative estimate of drug-likeness (QED) is 0.599. The van der Waals surface area contributed by atoms with Gasteiger partial charge in [-0.25, -0.2) is 4.39 Å². The third kappa shape index (κ3) is 3.02. The summed E-state index contributed by atoms with van der Waals surface area (Å²) in [5, 5.41) is 17.8. The molecule has 0 aliphatic carbocycles. The van der Waals surface area contributed by atoms with E-state index in [4.69, 9.17) is 10.5 Å². The van der Waals surface area contributed by atoms with Crippen LogP contribution in [0.4, 0.5) is 4.39 Å². The molecular formula is C14H11FN2O2. The lowest BCUT2D eigenvalue weighted by molar-refractivity contribution is -0.122. The lowest BCUT2D eigenvalue weighted by atomic mass is 9.95. The number of nitrogens with zero attached hydrogens (tertiary/aromatic N) is 2. The summed E-state index contributed by atoms with van der Waals surface area (Å²) in [5.41, 5.74) is -0.427. The number of alkyl halides is 1. The molecule has 0 bridgehead atoms. The number of benzene rings is 1. The van der Waals surface area contributed by atoms with Crippen molar-refractivity contribution in [1.29, 1.82) is 10.5 Å². The molecule has 4 nitrogen and oxygen atoms in total. The lowest BCUT2D eigenvalue weighted by Crippen LogP contribution is -2.26. The monoisotopic (exact) mass is 258 g/mol. The predicted octanol–water partition coefficient (Wildman–Crippen LogP) is 2.32. The summed E-state index contributed by atoms with van der Waals surface area (Å²) in [6.45, 7) is 1.70. The summed E-state index contributed by atoms with van der Waals surface area (Å²) < 4.78 is 13.7. The van der Waals surface area contributed by atoms with E-state index in [1.807, 2.05) is 0 Å². The van der Waals surface area contributed by atoms with Crippen LogP contribution in [0, 0.1) is 22.7 Å². The second kappa shape index (κ2) is 6.42. The highest BCUT2D eigenvalue weighted by molar-refractivity contribution is 6.14. The van der Waals surface area contributed by atoms with Gasteiger partial charge in [-0.15, -0.1) is 0 Å². The van der Waals surface area contributed by atoms with Crippen LogP contribution in [0.15, 0.2) is 18.2 Å². The van der Waals surface area contributed by atoms with E-state index in [0.29, 0.717) is 6.42 Å². The fourth-order valence-corrected chi connectivity index (χ4v) is 1.63. The third-order valence-electron chi connectivity index (χ3n) is 2.57. The van der Waals surface area contributed by atoms with Crippen LogP contribution in [-0.2, 0) is 4.79 Å². The molecule has 0 amide bonds. The molecule has 0 aromatic heterocycles. The molecule has 1 rings (SSSR count). The van der Waals surface area contributed by atoms with E-state index in [-0.39, 0.29) is 23.1 Å². The smallest absolute Gasteiger partial charge is 0.220 e. The van der Waals surface area contributed by atoms with E-state index in [1.165, 1.54) is 18.2 Å². The molecule has 0 saturated carbocycles. The molecule has 0 radical (unpaired) electrons. The van der Waals surface area contributed by atoms with Crippen LogP contribution in [0.25, 0.3) is 0 Å². The van der Waals surface area contributed by atoms with Gasteiger partial charge in [-0.2, -0.15) is 10.5 Å². The molecule has 0 N–H and O–H groups in total. The Kier molecular flexibility index (Phi) is 4.91.